The Bertz CT molecular complexity index is 1240. The number of ketones is 1. The van der Waals surface area contributed by atoms with Crippen LogP contribution in [0, 0.1) is 13.8 Å². The summed E-state index contributed by atoms with van der Waals surface area (Å²) in [7, 11) is 3.12. The van der Waals surface area contributed by atoms with Crippen molar-refractivity contribution < 1.29 is 24.2 Å². The Kier molecular flexibility index (Phi) is 5.92. The molecule has 0 aromatic heterocycles. The van der Waals surface area contributed by atoms with Crippen molar-refractivity contribution in [1.82, 2.24) is 0 Å². The molecule has 1 aliphatic rings. The molecule has 3 aromatic carbocycles. The number of hydrogen-bond acceptors (Lipinski definition) is 5. The zero-order valence-corrected chi connectivity index (χ0v) is 19.0. The van der Waals surface area contributed by atoms with Crippen molar-refractivity contribution in [2.24, 2.45) is 0 Å². The third kappa shape index (κ3) is 3.96. The van der Waals surface area contributed by atoms with Crippen LogP contribution in [0.1, 0.15) is 28.3 Å². The molecular formula is C27H25NO5. The summed E-state index contributed by atoms with van der Waals surface area (Å²) in [6.45, 7) is 3.87. The van der Waals surface area contributed by atoms with Crippen molar-refractivity contribution in [3.05, 3.63) is 94.6 Å². The molecule has 0 aliphatic carbocycles. The van der Waals surface area contributed by atoms with Gasteiger partial charge in [0.15, 0.2) is 0 Å². The van der Waals surface area contributed by atoms with Gasteiger partial charge in [0.1, 0.15) is 17.3 Å². The van der Waals surface area contributed by atoms with Crippen molar-refractivity contribution in [3.63, 3.8) is 0 Å². The summed E-state index contributed by atoms with van der Waals surface area (Å²) in [5.74, 6) is -0.377. The molecular weight excluding hydrogens is 418 g/mol. The molecule has 1 heterocycles. The highest BCUT2D eigenvalue weighted by Gasteiger charge is 2.47. The van der Waals surface area contributed by atoms with Gasteiger partial charge in [0.05, 0.1) is 25.8 Å². The van der Waals surface area contributed by atoms with Gasteiger partial charge >= 0.3 is 0 Å². The number of carbonyl (C=O) groups excluding carboxylic acids is 2. The van der Waals surface area contributed by atoms with E-state index in [2.05, 4.69) is 0 Å². The normalized spacial score (nSPS) is 17.3. The number of aliphatic hydroxyl groups is 1. The smallest absolute Gasteiger partial charge is 0.300 e. The predicted molar refractivity (Wildman–Crippen MR) is 127 cm³/mol. The van der Waals surface area contributed by atoms with E-state index in [1.54, 1.807) is 62.8 Å². The Morgan fingerprint density at radius 3 is 1.97 bits per heavy atom. The highest BCUT2D eigenvalue weighted by molar-refractivity contribution is 6.51. The molecule has 33 heavy (non-hydrogen) atoms. The number of benzene rings is 3. The van der Waals surface area contributed by atoms with Crippen molar-refractivity contribution in [2.45, 2.75) is 19.9 Å². The lowest BCUT2D eigenvalue weighted by Gasteiger charge is -2.27. The second kappa shape index (κ2) is 8.82. The minimum Gasteiger partial charge on any atom is -0.507 e. The summed E-state index contributed by atoms with van der Waals surface area (Å²) in [5, 5.41) is 11.2. The minimum absolute atomic E-state index is 0.0373. The molecule has 1 saturated heterocycles. The molecule has 3 aromatic rings. The van der Waals surface area contributed by atoms with Gasteiger partial charge in [-0.3, -0.25) is 14.5 Å². The second-order valence-corrected chi connectivity index (χ2v) is 7.96. The summed E-state index contributed by atoms with van der Waals surface area (Å²) < 4.78 is 10.4. The number of nitrogens with zero attached hydrogens (tertiary/aromatic N) is 1. The fourth-order valence-electron chi connectivity index (χ4n) is 4.16. The fraction of sp³-hybridized carbons (Fsp3) is 0.185. The second-order valence-electron chi connectivity index (χ2n) is 7.96. The first-order valence-corrected chi connectivity index (χ1v) is 10.5. The van der Waals surface area contributed by atoms with Crippen molar-refractivity contribution >= 4 is 23.1 Å². The van der Waals surface area contributed by atoms with Crippen molar-refractivity contribution in [3.8, 4) is 11.5 Å². The van der Waals surface area contributed by atoms with E-state index >= 15 is 0 Å². The number of aryl methyl sites for hydroxylation is 2. The van der Waals surface area contributed by atoms with Crippen LogP contribution in [0.2, 0.25) is 0 Å². The highest BCUT2D eigenvalue weighted by atomic mass is 16.5. The average molecular weight is 443 g/mol. The van der Waals surface area contributed by atoms with Crippen LogP contribution in [-0.2, 0) is 9.59 Å². The highest BCUT2D eigenvalue weighted by Crippen LogP contribution is 2.43. The first-order valence-electron chi connectivity index (χ1n) is 10.5. The Balaban J connectivity index is 1.93. The average Bonchev–Trinajstić information content (AvgIpc) is 3.09. The Morgan fingerprint density at radius 1 is 0.848 bits per heavy atom. The van der Waals surface area contributed by atoms with Crippen LogP contribution in [0.5, 0.6) is 11.5 Å². The van der Waals surface area contributed by atoms with Crippen LogP contribution >= 0.6 is 0 Å². The summed E-state index contributed by atoms with van der Waals surface area (Å²) >= 11 is 0. The first kappa shape index (κ1) is 22.1. The van der Waals surface area contributed by atoms with Gasteiger partial charge in [0.2, 0.25) is 0 Å². The van der Waals surface area contributed by atoms with Gasteiger partial charge in [-0.15, -0.1) is 0 Å². The number of carbonyl (C=O) groups is 2. The molecule has 6 nitrogen and oxygen atoms in total. The predicted octanol–water partition coefficient (Wildman–Crippen LogP) is 4.95. The van der Waals surface area contributed by atoms with Crippen molar-refractivity contribution in [2.75, 3.05) is 19.1 Å². The van der Waals surface area contributed by atoms with E-state index in [-0.39, 0.29) is 11.3 Å². The lowest BCUT2D eigenvalue weighted by molar-refractivity contribution is -0.132. The molecule has 4 rings (SSSR count). The van der Waals surface area contributed by atoms with Gasteiger partial charge in [0.25, 0.3) is 11.7 Å². The molecule has 1 unspecified atom stereocenters. The Hall–Kier alpha value is -4.06. The number of rotatable bonds is 5. The molecule has 6 heteroatoms. The monoisotopic (exact) mass is 443 g/mol. The van der Waals surface area contributed by atoms with Crippen LogP contribution in [0.4, 0.5) is 5.69 Å². The quantitative estimate of drug-likeness (QED) is 0.343. The van der Waals surface area contributed by atoms with E-state index < -0.39 is 17.7 Å². The SMILES string of the molecule is COc1ccc(/C(O)=C2\C(=O)C(=O)N(c3ccc(C)cc3C)C2c2ccc(OC)cc2)cc1. The van der Waals surface area contributed by atoms with Gasteiger partial charge in [-0.25, -0.2) is 0 Å². The first-order chi connectivity index (χ1) is 15.8. The maximum Gasteiger partial charge on any atom is 0.300 e. The molecule has 0 spiro atoms. The van der Waals surface area contributed by atoms with Crippen LogP contribution in [0.25, 0.3) is 5.76 Å². The van der Waals surface area contributed by atoms with Gasteiger partial charge < -0.3 is 14.6 Å². The van der Waals surface area contributed by atoms with Gasteiger partial charge in [-0.1, -0.05) is 29.8 Å². The molecule has 0 bridgehead atoms. The standard InChI is InChI=1S/C27H25NO5/c1-16-5-14-22(17(2)15-16)28-24(18-6-10-20(32-3)11-7-18)23(26(30)27(28)31)25(29)19-8-12-21(33-4)13-9-19/h5-15,24,29H,1-4H3/b25-23+. The number of methoxy groups -OCH3 is 2. The van der Waals surface area contributed by atoms with E-state index in [4.69, 9.17) is 9.47 Å². The third-order valence-corrected chi connectivity index (χ3v) is 5.85. The molecule has 1 N–H and O–H groups in total. The van der Waals surface area contributed by atoms with Crippen molar-refractivity contribution in [1.29, 1.82) is 0 Å². The van der Waals surface area contributed by atoms with Gasteiger partial charge in [-0.05, 0) is 67.4 Å². The zero-order chi connectivity index (χ0) is 23.7. The van der Waals surface area contributed by atoms with Crippen LogP contribution in [-0.4, -0.2) is 31.0 Å². The maximum absolute atomic E-state index is 13.3. The summed E-state index contributed by atoms with van der Waals surface area (Å²) in [4.78, 5) is 28.0. The Morgan fingerprint density at radius 2 is 1.42 bits per heavy atom. The number of aliphatic hydroxyl groups excluding tert-OH is 1. The molecule has 1 aliphatic heterocycles. The molecule has 1 amide bonds. The molecule has 0 radical (unpaired) electrons. The van der Waals surface area contributed by atoms with Crippen LogP contribution in [0.3, 0.4) is 0 Å². The van der Waals surface area contributed by atoms with E-state index in [0.717, 1.165) is 11.1 Å². The number of hydrogen-bond donors (Lipinski definition) is 1. The van der Waals surface area contributed by atoms with Crippen LogP contribution < -0.4 is 14.4 Å². The number of ether oxygens (including phenoxy) is 2. The number of Topliss-reactive ketones (excluding diaryl/α,β-unsaturated/α-hetero) is 1. The number of amides is 1. The zero-order valence-electron chi connectivity index (χ0n) is 19.0. The molecule has 1 atom stereocenters. The van der Waals surface area contributed by atoms with E-state index in [1.165, 1.54) is 4.90 Å². The molecule has 168 valence electrons. The lowest BCUT2D eigenvalue weighted by atomic mass is 9.94. The van der Waals surface area contributed by atoms with E-state index in [1.807, 2.05) is 32.0 Å². The number of anilines is 1. The maximum atomic E-state index is 13.3. The molecule has 0 saturated carbocycles. The topological polar surface area (TPSA) is 76.1 Å². The minimum atomic E-state index is -0.792. The fourth-order valence-corrected chi connectivity index (χ4v) is 4.16. The summed E-state index contributed by atoms with van der Waals surface area (Å²) in [5.41, 5.74) is 3.68. The third-order valence-electron chi connectivity index (χ3n) is 5.85. The molecule has 1 fully saturated rings. The largest absolute Gasteiger partial charge is 0.507 e. The van der Waals surface area contributed by atoms with Crippen LogP contribution in [0.15, 0.2) is 72.3 Å². The summed E-state index contributed by atoms with van der Waals surface area (Å²) in [6, 6.07) is 18.7. The Labute approximate surface area is 192 Å². The van der Waals surface area contributed by atoms with Gasteiger partial charge in [-0.2, -0.15) is 0 Å². The van der Waals surface area contributed by atoms with Gasteiger partial charge in [0, 0.05) is 11.3 Å². The lowest BCUT2D eigenvalue weighted by Crippen LogP contribution is -2.30. The van der Waals surface area contributed by atoms with E-state index in [0.29, 0.717) is 28.3 Å². The van der Waals surface area contributed by atoms with E-state index in [9.17, 15) is 14.7 Å². The summed E-state index contributed by atoms with van der Waals surface area (Å²) in [6.07, 6.45) is 0.